The maximum absolute atomic E-state index is 14.0. The van der Waals surface area contributed by atoms with Gasteiger partial charge in [0.1, 0.15) is 13.1 Å². The second-order valence-corrected chi connectivity index (χ2v) is 10.4. The quantitative estimate of drug-likeness (QED) is 0.538. The number of nitrogens with zero attached hydrogens (tertiary/aromatic N) is 4. The lowest BCUT2D eigenvalue weighted by Gasteiger charge is -2.27. The molecule has 3 heterocycles. The Bertz CT molecular complexity index is 1250. The standard InChI is InChI=1S/C29H34N6O5/c1-20-9-8-10-21(17-20)30-29(40)31-26-27(38)34(18-24(36)32-13-4-5-14-32)22-11-2-3-12-23(22)35(28(26)39)19-25(37)33-15-6-7-16-33/h2-3,8-12,17,26H,4-7,13-16,18-19H2,1H3,(H2,30,31,40). The van der Waals surface area contributed by atoms with Crippen LogP contribution in [0, 0.1) is 6.92 Å². The molecule has 0 spiro atoms. The van der Waals surface area contributed by atoms with Gasteiger partial charge in [0.2, 0.25) is 11.8 Å². The lowest BCUT2D eigenvalue weighted by Crippen LogP contribution is -2.58. The summed E-state index contributed by atoms with van der Waals surface area (Å²) in [7, 11) is 0. The summed E-state index contributed by atoms with van der Waals surface area (Å²) >= 11 is 0. The van der Waals surface area contributed by atoms with Gasteiger partial charge in [-0.2, -0.15) is 0 Å². The highest BCUT2D eigenvalue weighted by atomic mass is 16.2. The van der Waals surface area contributed by atoms with Gasteiger partial charge in [-0.1, -0.05) is 24.3 Å². The third-order valence-corrected chi connectivity index (χ3v) is 7.54. The van der Waals surface area contributed by atoms with E-state index >= 15 is 0 Å². The lowest BCUT2D eigenvalue weighted by molar-refractivity contribution is -0.134. The molecule has 5 rings (SSSR count). The first kappa shape index (κ1) is 27.2. The normalized spacial score (nSPS) is 17.6. The van der Waals surface area contributed by atoms with Gasteiger partial charge < -0.3 is 20.4 Å². The largest absolute Gasteiger partial charge is 0.341 e. The number of nitrogens with one attached hydrogen (secondary N) is 2. The molecule has 2 N–H and O–H groups in total. The molecular formula is C29H34N6O5. The molecule has 0 aliphatic carbocycles. The molecule has 6 amide bonds. The van der Waals surface area contributed by atoms with Crippen molar-refractivity contribution in [1.29, 1.82) is 0 Å². The highest BCUT2D eigenvalue weighted by Gasteiger charge is 2.43. The molecule has 0 atom stereocenters. The third kappa shape index (κ3) is 5.78. The van der Waals surface area contributed by atoms with Gasteiger partial charge in [-0.15, -0.1) is 0 Å². The average molecular weight is 547 g/mol. The molecule has 11 nitrogen and oxygen atoms in total. The maximum atomic E-state index is 14.0. The van der Waals surface area contributed by atoms with E-state index < -0.39 is 23.9 Å². The number of carbonyl (C=O) groups excluding carboxylic acids is 5. The summed E-state index contributed by atoms with van der Waals surface area (Å²) in [5, 5.41) is 5.20. The second-order valence-electron chi connectivity index (χ2n) is 10.4. The van der Waals surface area contributed by atoms with Crippen molar-refractivity contribution in [3.63, 3.8) is 0 Å². The number of benzene rings is 2. The van der Waals surface area contributed by atoms with Crippen molar-refractivity contribution in [1.82, 2.24) is 15.1 Å². The van der Waals surface area contributed by atoms with Crippen molar-refractivity contribution in [2.45, 2.75) is 38.6 Å². The zero-order valence-electron chi connectivity index (χ0n) is 22.6. The van der Waals surface area contributed by atoms with Gasteiger partial charge in [0, 0.05) is 31.9 Å². The molecular weight excluding hydrogens is 512 g/mol. The maximum Gasteiger partial charge on any atom is 0.320 e. The number of hydrogen-bond acceptors (Lipinski definition) is 5. The Morgan fingerprint density at radius 1 is 0.750 bits per heavy atom. The predicted octanol–water partition coefficient (Wildman–Crippen LogP) is 2.11. The molecule has 0 bridgehead atoms. The number of fused-ring (bicyclic) bond motifs is 1. The SMILES string of the molecule is Cc1cccc(NC(=O)NC2C(=O)N(CC(=O)N3CCCC3)c3ccccc3N(CC(=O)N3CCCC3)C2=O)c1. The zero-order chi connectivity index (χ0) is 28.2. The number of para-hydroxylation sites is 2. The monoisotopic (exact) mass is 546 g/mol. The van der Waals surface area contributed by atoms with E-state index in [9.17, 15) is 24.0 Å². The summed E-state index contributed by atoms with van der Waals surface area (Å²) in [5.74, 6) is -1.95. The molecule has 3 aliphatic rings. The van der Waals surface area contributed by atoms with Crippen LogP contribution in [-0.2, 0) is 19.2 Å². The number of anilines is 3. The Balaban J connectivity index is 1.47. The molecule has 210 valence electrons. The van der Waals surface area contributed by atoms with Crippen LogP contribution in [-0.4, -0.2) is 84.8 Å². The molecule has 2 aromatic rings. The number of urea groups is 1. The van der Waals surface area contributed by atoms with Gasteiger partial charge >= 0.3 is 6.03 Å². The molecule has 40 heavy (non-hydrogen) atoms. The second kappa shape index (κ2) is 11.8. The van der Waals surface area contributed by atoms with E-state index in [2.05, 4.69) is 10.6 Å². The fraction of sp³-hybridized carbons (Fsp3) is 0.414. The van der Waals surface area contributed by atoms with Gasteiger partial charge in [0.15, 0.2) is 6.04 Å². The van der Waals surface area contributed by atoms with Gasteiger partial charge in [-0.3, -0.25) is 29.0 Å². The lowest BCUT2D eigenvalue weighted by atomic mass is 10.2. The molecule has 2 saturated heterocycles. The summed E-state index contributed by atoms with van der Waals surface area (Å²) in [6, 6.07) is 11.4. The van der Waals surface area contributed by atoms with Crippen LogP contribution in [0.3, 0.4) is 0 Å². The summed E-state index contributed by atoms with van der Waals surface area (Å²) < 4.78 is 0. The van der Waals surface area contributed by atoms with Crippen molar-refractivity contribution in [3.8, 4) is 0 Å². The number of rotatable bonds is 6. The van der Waals surface area contributed by atoms with E-state index in [4.69, 9.17) is 0 Å². The van der Waals surface area contributed by atoms with E-state index in [0.29, 0.717) is 43.2 Å². The van der Waals surface area contributed by atoms with Crippen LogP contribution in [0.1, 0.15) is 31.2 Å². The molecule has 2 aromatic carbocycles. The first-order valence-electron chi connectivity index (χ1n) is 13.7. The van der Waals surface area contributed by atoms with Crippen LogP contribution in [0.5, 0.6) is 0 Å². The first-order valence-corrected chi connectivity index (χ1v) is 13.7. The minimum atomic E-state index is -1.64. The van der Waals surface area contributed by atoms with Crippen LogP contribution in [0.4, 0.5) is 21.9 Å². The summed E-state index contributed by atoms with van der Waals surface area (Å²) in [4.78, 5) is 73.2. The number of aryl methyl sites for hydroxylation is 1. The van der Waals surface area contributed by atoms with E-state index in [0.717, 1.165) is 31.2 Å². The van der Waals surface area contributed by atoms with E-state index in [1.807, 2.05) is 13.0 Å². The highest BCUT2D eigenvalue weighted by Crippen LogP contribution is 2.34. The highest BCUT2D eigenvalue weighted by molar-refractivity contribution is 6.23. The Morgan fingerprint density at radius 3 is 1.73 bits per heavy atom. The first-order chi connectivity index (χ1) is 19.3. The Hall–Kier alpha value is -4.41. The van der Waals surface area contributed by atoms with E-state index in [1.54, 1.807) is 52.3 Å². The number of amides is 6. The zero-order valence-corrected chi connectivity index (χ0v) is 22.6. The Morgan fingerprint density at radius 2 is 1.25 bits per heavy atom. The fourth-order valence-electron chi connectivity index (χ4n) is 5.45. The smallest absolute Gasteiger partial charge is 0.320 e. The van der Waals surface area contributed by atoms with Crippen LogP contribution < -0.4 is 20.4 Å². The molecule has 3 aliphatic heterocycles. The number of carbonyl (C=O) groups is 5. The topological polar surface area (TPSA) is 122 Å². The molecule has 0 aromatic heterocycles. The summed E-state index contributed by atoms with van der Waals surface area (Å²) in [6.07, 6.45) is 3.57. The van der Waals surface area contributed by atoms with Crippen LogP contribution in [0.15, 0.2) is 48.5 Å². The van der Waals surface area contributed by atoms with Crippen LogP contribution >= 0.6 is 0 Å². The molecule has 2 fully saturated rings. The minimum Gasteiger partial charge on any atom is -0.341 e. The average Bonchev–Trinajstić information content (AvgIpc) is 3.67. The minimum absolute atomic E-state index is 0.238. The van der Waals surface area contributed by atoms with E-state index in [-0.39, 0.29) is 24.9 Å². The van der Waals surface area contributed by atoms with Gasteiger partial charge in [-0.05, 0) is 62.4 Å². The molecule has 0 saturated carbocycles. The van der Waals surface area contributed by atoms with Gasteiger partial charge in [0.05, 0.1) is 11.4 Å². The van der Waals surface area contributed by atoms with E-state index in [1.165, 1.54) is 9.80 Å². The predicted molar refractivity (Wildman–Crippen MR) is 150 cm³/mol. The van der Waals surface area contributed by atoms with Crippen LogP contribution in [0.25, 0.3) is 0 Å². The van der Waals surface area contributed by atoms with Crippen molar-refractivity contribution in [2.75, 3.05) is 54.4 Å². The molecule has 0 unspecified atom stereocenters. The van der Waals surface area contributed by atoms with Crippen molar-refractivity contribution < 1.29 is 24.0 Å². The van der Waals surface area contributed by atoms with Crippen molar-refractivity contribution in [3.05, 3.63) is 54.1 Å². The fourth-order valence-corrected chi connectivity index (χ4v) is 5.45. The third-order valence-electron chi connectivity index (χ3n) is 7.54. The summed E-state index contributed by atoms with van der Waals surface area (Å²) in [5.41, 5.74) is 2.10. The Labute approximate surface area is 233 Å². The van der Waals surface area contributed by atoms with Crippen LogP contribution in [0.2, 0.25) is 0 Å². The van der Waals surface area contributed by atoms with Gasteiger partial charge in [0.25, 0.3) is 11.8 Å². The molecule has 11 heteroatoms. The molecule has 0 radical (unpaired) electrons. The summed E-state index contributed by atoms with van der Waals surface area (Å²) in [6.45, 7) is 3.75. The van der Waals surface area contributed by atoms with Crippen molar-refractivity contribution >= 4 is 46.7 Å². The van der Waals surface area contributed by atoms with Crippen molar-refractivity contribution in [2.24, 2.45) is 0 Å². The number of hydrogen-bond donors (Lipinski definition) is 2. The van der Waals surface area contributed by atoms with Gasteiger partial charge in [-0.25, -0.2) is 4.79 Å². The Kier molecular flexibility index (Phi) is 7.99. The number of likely N-dealkylation sites (tertiary alicyclic amines) is 2.